The van der Waals surface area contributed by atoms with Gasteiger partial charge >= 0.3 is 5.97 Å². The Labute approximate surface area is 151 Å². The van der Waals surface area contributed by atoms with E-state index in [-0.39, 0.29) is 21.9 Å². The largest absolute Gasteiger partial charge is 0.423 e. The fourth-order valence-electron chi connectivity index (χ4n) is 2.48. The van der Waals surface area contributed by atoms with Gasteiger partial charge in [0, 0.05) is 4.47 Å². The number of imide groups is 1. The Bertz CT molecular complexity index is 823. The first-order chi connectivity index (χ1) is 11.4. The average Bonchev–Trinajstić information content (AvgIpc) is 2.76. The monoisotopic (exact) mass is 407 g/mol. The summed E-state index contributed by atoms with van der Waals surface area (Å²) in [4.78, 5) is 37.5. The molecule has 0 aromatic heterocycles. The van der Waals surface area contributed by atoms with Gasteiger partial charge in [-0.25, -0.2) is 4.79 Å². The van der Waals surface area contributed by atoms with Crippen LogP contribution in [0, 0.1) is 6.92 Å². The van der Waals surface area contributed by atoms with Crippen LogP contribution in [0.3, 0.4) is 0 Å². The molecule has 2 aromatic carbocycles. The van der Waals surface area contributed by atoms with Crippen LogP contribution in [0.2, 0.25) is 5.02 Å². The Morgan fingerprint density at radius 3 is 2.29 bits per heavy atom. The summed E-state index contributed by atoms with van der Waals surface area (Å²) in [6, 6.07) is 9.77. The molecular formula is C17H11BrClNO4. The van der Waals surface area contributed by atoms with Crippen molar-refractivity contribution in [1.82, 2.24) is 4.90 Å². The van der Waals surface area contributed by atoms with Crippen molar-refractivity contribution >= 4 is 45.3 Å². The topological polar surface area (TPSA) is 63.7 Å². The van der Waals surface area contributed by atoms with Gasteiger partial charge in [-0.15, -0.1) is 0 Å². The van der Waals surface area contributed by atoms with Crippen molar-refractivity contribution in [2.24, 2.45) is 0 Å². The molecule has 0 saturated heterocycles. The third-order valence-corrected chi connectivity index (χ3v) is 4.31. The molecule has 1 aliphatic heterocycles. The van der Waals surface area contributed by atoms with Crippen molar-refractivity contribution in [1.29, 1.82) is 0 Å². The minimum absolute atomic E-state index is 0.210. The van der Waals surface area contributed by atoms with E-state index in [0.717, 1.165) is 9.37 Å². The van der Waals surface area contributed by atoms with Gasteiger partial charge in [-0.3, -0.25) is 14.5 Å². The van der Waals surface area contributed by atoms with Crippen LogP contribution in [0.4, 0.5) is 0 Å². The molecule has 7 heteroatoms. The van der Waals surface area contributed by atoms with Crippen molar-refractivity contribution in [2.75, 3.05) is 6.54 Å². The van der Waals surface area contributed by atoms with Crippen LogP contribution in [0.15, 0.2) is 40.9 Å². The van der Waals surface area contributed by atoms with Gasteiger partial charge in [-0.2, -0.15) is 0 Å². The van der Waals surface area contributed by atoms with Crippen molar-refractivity contribution in [2.45, 2.75) is 6.92 Å². The molecule has 0 aliphatic carbocycles. The molecule has 0 bridgehead atoms. The average molecular weight is 409 g/mol. The molecule has 0 fully saturated rings. The minimum atomic E-state index is -0.739. The number of carbonyl (C=O) groups is 3. The van der Waals surface area contributed by atoms with Crippen molar-refractivity contribution in [3.63, 3.8) is 0 Å². The first kappa shape index (κ1) is 16.7. The van der Waals surface area contributed by atoms with E-state index >= 15 is 0 Å². The zero-order valence-electron chi connectivity index (χ0n) is 12.5. The molecule has 24 heavy (non-hydrogen) atoms. The molecular weight excluding hydrogens is 398 g/mol. The number of carbonyl (C=O) groups excluding carboxylic acids is 3. The third-order valence-electron chi connectivity index (χ3n) is 3.58. The fourth-order valence-corrected chi connectivity index (χ4v) is 3.49. The highest BCUT2D eigenvalue weighted by Crippen LogP contribution is 2.32. The molecule has 1 heterocycles. The molecule has 0 atom stereocenters. The number of hydrogen-bond acceptors (Lipinski definition) is 4. The predicted octanol–water partition coefficient (Wildman–Crippen LogP) is 3.61. The van der Waals surface area contributed by atoms with Gasteiger partial charge in [0.2, 0.25) is 0 Å². The van der Waals surface area contributed by atoms with Crippen molar-refractivity contribution in [3.05, 3.63) is 62.6 Å². The SMILES string of the molecule is Cc1cc(Br)cc(Cl)c1OC(=O)CN1C(=O)c2ccccc2C1=O. The summed E-state index contributed by atoms with van der Waals surface area (Å²) in [7, 11) is 0. The van der Waals surface area contributed by atoms with Gasteiger partial charge < -0.3 is 4.74 Å². The number of fused-ring (bicyclic) bond motifs is 1. The number of ether oxygens (including phenoxy) is 1. The summed E-state index contributed by atoms with van der Waals surface area (Å²) >= 11 is 9.37. The second-order valence-electron chi connectivity index (χ2n) is 5.25. The molecule has 5 nitrogen and oxygen atoms in total. The van der Waals surface area contributed by atoms with Crippen LogP contribution < -0.4 is 4.74 Å². The molecule has 1 aliphatic rings. The highest BCUT2D eigenvalue weighted by atomic mass is 79.9. The molecule has 0 radical (unpaired) electrons. The van der Waals surface area contributed by atoms with Crippen LogP contribution >= 0.6 is 27.5 Å². The molecule has 2 amide bonds. The number of hydrogen-bond donors (Lipinski definition) is 0. The predicted molar refractivity (Wildman–Crippen MR) is 91.3 cm³/mol. The maximum Gasteiger partial charge on any atom is 0.331 e. The fraction of sp³-hybridized carbons (Fsp3) is 0.118. The van der Waals surface area contributed by atoms with E-state index < -0.39 is 24.3 Å². The highest BCUT2D eigenvalue weighted by Gasteiger charge is 2.36. The molecule has 3 rings (SSSR count). The first-order valence-corrected chi connectivity index (χ1v) is 8.17. The van der Waals surface area contributed by atoms with E-state index in [2.05, 4.69) is 15.9 Å². The van der Waals surface area contributed by atoms with E-state index in [9.17, 15) is 14.4 Å². The summed E-state index contributed by atoms with van der Waals surface area (Å²) in [6.07, 6.45) is 0. The summed E-state index contributed by atoms with van der Waals surface area (Å²) < 4.78 is 6.01. The minimum Gasteiger partial charge on any atom is -0.423 e. The van der Waals surface area contributed by atoms with Gasteiger partial charge in [0.1, 0.15) is 6.54 Å². The number of esters is 1. The maximum atomic E-state index is 12.2. The Hall–Kier alpha value is -2.18. The lowest BCUT2D eigenvalue weighted by molar-refractivity contribution is -0.134. The lowest BCUT2D eigenvalue weighted by Gasteiger charge is -2.14. The normalized spacial score (nSPS) is 13.2. The molecule has 0 saturated carbocycles. The molecule has 2 aromatic rings. The van der Waals surface area contributed by atoms with E-state index in [1.807, 2.05) is 0 Å². The molecule has 0 N–H and O–H groups in total. The lowest BCUT2D eigenvalue weighted by atomic mass is 10.1. The van der Waals surface area contributed by atoms with Crippen LogP contribution in [0.5, 0.6) is 5.75 Å². The number of rotatable bonds is 3. The highest BCUT2D eigenvalue weighted by molar-refractivity contribution is 9.10. The van der Waals surface area contributed by atoms with Crippen molar-refractivity contribution in [3.8, 4) is 5.75 Å². The second-order valence-corrected chi connectivity index (χ2v) is 6.57. The van der Waals surface area contributed by atoms with E-state index in [4.69, 9.17) is 16.3 Å². The summed E-state index contributed by atoms with van der Waals surface area (Å²) in [5, 5.41) is 0.262. The molecule has 122 valence electrons. The Morgan fingerprint density at radius 2 is 1.75 bits per heavy atom. The van der Waals surface area contributed by atoms with Crippen LogP contribution in [0.1, 0.15) is 26.3 Å². The number of aryl methyl sites for hydroxylation is 1. The van der Waals surface area contributed by atoms with Crippen LogP contribution in [-0.4, -0.2) is 29.2 Å². The van der Waals surface area contributed by atoms with Gasteiger partial charge in [-0.05, 0) is 36.8 Å². The van der Waals surface area contributed by atoms with Gasteiger partial charge in [0.25, 0.3) is 11.8 Å². The van der Waals surface area contributed by atoms with Crippen molar-refractivity contribution < 1.29 is 19.1 Å². The lowest BCUT2D eigenvalue weighted by Crippen LogP contribution is -2.36. The number of halogens is 2. The molecule has 0 unspecified atom stereocenters. The summed E-state index contributed by atoms with van der Waals surface area (Å²) in [5.74, 6) is -1.55. The van der Waals surface area contributed by atoms with Gasteiger partial charge in [-0.1, -0.05) is 39.7 Å². The zero-order valence-corrected chi connectivity index (χ0v) is 14.8. The van der Waals surface area contributed by atoms with Crippen LogP contribution in [-0.2, 0) is 4.79 Å². The van der Waals surface area contributed by atoms with Gasteiger partial charge in [0.15, 0.2) is 5.75 Å². The summed E-state index contributed by atoms with van der Waals surface area (Å²) in [5.41, 5.74) is 1.23. The quantitative estimate of drug-likeness (QED) is 0.442. The molecule has 0 spiro atoms. The van der Waals surface area contributed by atoms with E-state index in [1.165, 1.54) is 0 Å². The van der Waals surface area contributed by atoms with E-state index in [1.54, 1.807) is 43.3 Å². The Kier molecular flexibility index (Phi) is 4.43. The maximum absolute atomic E-state index is 12.2. The first-order valence-electron chi connectivity index (χ1n) is 7.00. The smallest absolute Gasteiger partial charge is 0.331 e. The standard InChI is InChI=1S/C17H11BrClNO4/c1-9-6-10(18)7-13(19)15(9)24-14(21)8-20-16(22)11-4-2-3-5-12(11)17(20)23/h2-7H,8H2,1H3. The Balaban J connectivity index is 1.78. The van der Waals surface area contributed by atoms with E-state index in [0.29, 0.717) is 5.56 Å². The third kappa shape index (κ3) is 2.95. The Morgan fingerprint density at radius 1 is 1.17 bits per heavy atom. The second kappa shape index (κ2) is 6.37. The zero-order chi connectivity index (χ0) is 17.4. The number of benzene rings is 2. The number of amides is 2. The van der Waals surface area contributed by atoms with Crippen LogP contribution in [0.25, 0.3) is 0 Å². The summed E-state index contributed by atoms with van der Waals surface area (Å²) in [6.45, 7) is 1.26. The van der Waals surface area contributed by atoms with Gasteiger partial charge in [0.05, 0.1) is 16.1 Å². The number of nitrogens with zero attached hydrogens (tertiary/aromatic N) is 1.